The van der Waals surface area contributed by atoms with Gasteiger partial charge in [0, 0.05) is 24.9 Å². The summed E-state index contributed by atoms with van der Waals surface area (Å²) in [5.74, 6) is 0.686. The summed E-state index contributed by atoms with van der Waals surface area (Å²) in [6, 6.07) is 11.4. The number of nitrogens with one attached hydrogen (secondary N) is 2. The quantitative estimate of drug-likeness (QED) is 0.668. The Morgan fingerprint density at radius 1 is 1.07 bits per heavy atom. The van der Waals surface area contributed by atoms with E-state index in [1.807, 2.05) is 12.1 Å². The van der Waals surface area contributed by atoms with Crippen molar-refractivity contribution in [2.45, 2.75) is 50.5 Å². The lowest BCUT2D eigenvalue weighted by atomic mass is 9.99. The van der Waals surface area contributed by atoms with Crippen LogP contribution in [0.25, 0.3) is 0 Å². The van der Waals surface area contributed by atoms with Crippen LogP contribution in [-0.2, 0) is 34.5 Å². The molecule has 2 heterocycles. The van der Waals surface area contributed by atoms with Crippen molar-refractivity contribution in [3.05, 3.63) is 52.4 Å². The summed E-state index contributed by atoms with van der Waals surface area (Å²) >= 11 is 1.17. The van der Waals surface area contributed by atoms with Crippen LogP contribution in [-0.4, -0.2) is 32.3 Å². The molecule has 0 radical (unpaired) electrons. The minimum absolute atomic E-state index is 0.140. The smallest absolute Gasteiger partial charge is 0.250 e. The number of nitrogens with zero attached hydrogens (tertiary/aromatic N) is 1. The van der Waals surface area contributed by atoms with Gasteiger partial charge in [-0.05, 0) is 55.1 Å². The van der Waals surface area contributed by atoms with Crippen molar-refractivity contribution >= 4 is 27.3 Å². The Morgan fingerprint density at radius 3 is 2.38 bits per heavy atom. The third-order valence-corrected chi connectivity index (χ3v) is 8.16. The van der Waals surface area contributed by atoms with Gasteiger partial charge in [-0.2, -0.15) is 0 Å². The standard InChI is InChI=1S/C21H29N3O3S2/c1-16-9-11-24(12-10-16)15-19-5-3-18(4-6-19)13-23-29(26,27)21-8-7-20(28-21)14-22-17(2)25/h3-8,16,23H,9-15H2,1-2H3,(H,22,25). The maximum atomic E-state index is 12.5. The number of carbonyl (C=O) groups is 1. The minimum atomic E-state index is -3.57. The molecule has 2 N–H and O–H groups in total. The number of sulfonamides is 1. The van der Waals surface area contributed by atoms with E-state index in [0.29, 0.717) is 6.54 Å². The third kappa shape index (κ3) is 6.64. The number of likely N-dealkylation sites (tertiary alicyclic amines) is 1. The zero-order chi connectivity index (χ0) is 20.9. The maximum absolute atomic E-state index is 12.5. The molecule has 0 aliphatic carbocycles. The summed E-state index contributed by atoms with van der Waals surface area (Å²) in [5, 5.41) is 2.67. The van der Waals surface area contributed by atoms with E-state index < -0.39 is 10.0 Å². The van der Waals surface area contributed by atoms with Gasteiger partial charge in [0.15, 0.2) is 0 Å². The van der Waals surface area contributed by atoms with E-state index in [4.69, 9.17) is 0 Å². The Kier molecular flexibility index (Phi) is 7.45. The zero-order valence-electron chi connectivity index (χ0n) is 17.0. The van der Waals surface area contributed by atoms with Crippen molar-refractivity contribution in [2.24, 2.45) is 5.92 Å². The normalized spacial score (nSPS) is 16.1. The molecule has 1 saturated heterocycles. The van der Waals surface area contributed by atoms with E-state index in [1.54, 1.807) is 12.1 Å². The fourth-order valence-corrected chi connectivity index (χ4v) is 5.66. The second-order valence-electron chi connectivity index (χ2n) is 7.73. The Balaban J connectivity index is 1.51. The molecule has 0 spiro atoms. The largest absolute Gasteiger partial charge is 0.351 e. The SMILES string of the molecule is CC(=O)NCc1ccc(S(=O)(=O)NCc2ccc(CN3CCC(C)CC3)cc2)s1. The van der Waals surface area contributed by atoms with Crippen molar-refractivity contribution in [1.29, 1.82) is 0 Å². The topological polar surface area (TPSA) is 78.5 Å². The first-order valence-corrected chi connectivity index (χ1v) is 12.2. The van der Waals surface area contributed by atoms with Crippen LogP contribution < -0.4 is 10.0 Å². The molecule has 1 aromatic carbocycles. The van der Waals surface area contributed by atoms with Gasteiger partial charge >= 0.3 is 0 Å². The lowest BCUT2D eigenvalue weighted by Gasteiger charge is -2.30. The molecule has 1 aliphatic heterocycles. The van der Waals surface area contributed by atoms with Crippen molar-refractivity contribution < 1.29 is 13.2 Å². The van der Waals surface area contributed by atoms with Crippen molar-refractivity contribution in [2.75, 3.05) is 13.1 Å². The highest BCUT2D eigenvalue weighted by Crippen LogP contribution is 2.22. The Labute approximate surface area is 177 Å². The van der Waals surface area contributed by atoms with E-state index in [9.17, 15) is 13.2 Å². The van der Waals surface area contributed by atoms with Gasteiger partial charge < -0.3 is 5.32 Å². The average molecular weight is 436 g/mol. The number of carbonyl (C=O) groups excluding carboxylic acids is 1. The van der Waals surface area contributed by atoms with Gasteiger partial charge in [-0.15, -0.1) is 11.3 Å². The maximum Gasteiger partial charge on any atom is 0.250 e. The van der Waals surface area contributed by atoms with E-state index in [-0.39, 0.29) is 16.7 Å². The van der Waals surface area contributed by atoms with Crippen LogP contribution in [0.3, 0.4) is 0 Å². The number of hydrogen-bond acceptors (Lipinski definition) is 5. The van der Waals surface area contributed by atoms with Crippen molar-refractivity contribution in [3.63, 3.8) is 0 Å². The van der Waals surface area contributed by atoms with Crippen molar-refractivity contribution in [1.82, 2.24) is 14.9 Å². The first-order chi connectivity index (χ1) is 13.8. The third-order valence-electron chi connectivity index (χ3n) is 5.19. The molecule has 1 fully saturated rings. The van der Waals surface area contributed by atoms with Gasteiger partial charge in [0.2, 0.25) is 15.9 Å². The van der Waals surface area contributed by atoms with Gasteiger partial charge in [0.25, 0.3) is 0 Å². The van der Waals surface area contributed by atoms with Crippen LogP contribution in [0, 0.1) is 5.92 Å². The van der Waals surface area contributed by atoms with Crippen LogP contribution in [0.2, 0.25) is 0 Å². The summed E-state index contributed by atoms with van der Waals surface area (Å²) in [5.41, 5.74) is 2.19. The Morgan fingerprint density at radius 2 is 1.72 bits per heavy atom. The number of thiophene rings is 1. The number of piperidine rings is 1. The highest BCUT2D eigenvalue weighted by atomic mass is 32.2. The first-order valence-electron chi connectivity index (χ1n) is 9.95. The predicted molar refractivity (Wildman–Crippen MR) is 116 cm³/mol. The molecule has 158 valence electrons. The second-order valence-corrected chi connectivity index (χ2v) is 10.9. The fourth-order valence-electron chi connectivity index (χ4n) is 3.30. The zero-order valence-corrected chi connectivity index (χ0v) is 18.6. The van der Waals surface area contributed by atoms with Crippen LogP contribution in [0.5, 0.6) is 0 Å². The number of benzene rings is 1. The first kappa shape index (κ1) is 22.0. The molecule has 1 aliphatic rings. The lowest BCUT2D eigenvalue weighted by molar-refractivity contribution is -0.119. The predicted octanol–water partition coefficient (Wildman–Crippen LogP) is 3.09. The fraction of sp³-hybridized carbons (Fsp3) is 0.476. The molecule has 2 aromatic rings. The van der Waals surface area contributed by atoms with E-state index >= 15 is 0 Å². The molecular weight excluding hydrogens is 406 g/mol. The van der Waals surface area contributed by atoms with Crippen LogP contribution in [0.15, 0.2) is 40.6 Å². The molecule has 3 rings (SSSR count). The monoisotopic (exact) mass is 435 g/mol. The molecule has 0 bridgehead atoms. The summed E-state index contributed by atoms with van der Waals surface area (Å²) in [4.78, 5) is 14.3. The van der Waals surface area contributed by atoms with Crippen LogP contribution >= 0.6 is 11.3 Å². The molecule has 0 atom stereocenters. The number of rotatable bonds is 8. The lowest BCUT2D eigenvalue weighted by Crippen LogP contribution is -2.32. The minimum Gasteiger partial charge on any atom is -0.351 e. The molecule has 0 unspecified atom stereocenters. The highest BCUT2D eigenvalue weighted by molar-refractivity contribution is 7.91. The van der Waals surface area contributed by atoms with E-state index in [1.165, 1.54) is 36.7 Å². The van der Waals surface area contributed by atoms with Gasteiger partial charge in [-0.1, -0.05) is 31.2 Å². The van der Waals surface area contributed by atoms with Crippen LogP contribution in [0.1, 0.15) is 42.7 Å². The van der Waals surface area contributed by atoms with Gasteiger partial charge in [-0.3, -0.25) is 9.69 Å². The summed E-state index contributed by atoms with van der Waals surface area (Å²) in [7, 11) is -3.57. The Hall–Kier alpha value is -1.74. The summed E-state index contributed by atoms with van der Waals surface area (Å²) in [6.45, 7) is 7.58. The van der Waals surface area contributed by atoms with Gasteiger partial charge in [0.1, 0.15) is 4.21 Å². The highest BCUT2D eigenvalue weighted by Gasteiger charge is 2.17. The molecule has 1 aromatic heterocycles. The summed E-state index contributed by atoms with van der Waals surface area (Å²) < 4.78 is 28.0. The molecule has 0 saturated carbocycles. The van der Waals surface area contributed by atoms with E-state index in [0.717, 1.165) is 36.0 Å². The summed E-state index contributed by atoms with van der Waals surface area (Å²) in [6.07, 6.45) is 2.52. The number of amides is 1. The van der Waals surface area contributed by atoms with Gasteiger partial charge in [0.05, 0.1) is 6.54 Å². The van der Waals surface area contributed by atoms with E-state index in [2.05, 4.69) is 34.0 Å². The molecule has 6 nitrogen and oxygen atoms in total. The average Bonchev–Trinajstić information content (AvgIpc) is 3.18. The molecule has 8 heteroatoms. The molecular formula is C21H29N3O3S2. The van der Waals surface area contributed by atoms with Crippen molar-refractivity contribution in [3.8, 4) is 0 Å². The van der Waals surface area contributed by atoms with Gasteiger partial charge in [-0.25, -0.2) is 13.1 Å². The Bertz CT molecular complexity index is 915. The number of hydrogen-bond donors (Lipinski definition) is 2. The van der Waals surface area contributed by atoms with Crippen LogP contribution in [0.4, 0.5) is 0 Å². The second kappa shape index (κ2) is 9.84. The molecule has 1 amide bonds. The molecule has 29 heavy (non-hydrogen) atoms.